The summed E-state index contributed by atoms with van der Waals surface area (Å²) in [5.41, 5.74) is 2.37. The lowest BCUT2D eigenvalue weighted by Gasteiger charge is -2.22. The number of hydrogen-bond donors (Lipinski definition) is 2. The Morgan fingerprint density at radius 1 is 0.917 bits per heavy atom. The monoisotopic (exact) mass is 323 g/mol. The molecule has 1 aliphatic carbocycles. The largest absolute Gasteiger partial charge is 0.508 e. The molecule has 0 bridgehead atoms. The average molecular weight is 323 g/mol. The van der Waals surface area contributed by atoms with E-state index in [1.807, 2.05) is 12.1 Å². The maximum absolute atomic E-state index is 10.4. The molecule has 1 saturated heterocycles. The number of benzene rings is 2. The molecule has 2 aromatic carbocycles. The van der Waals surface area contributed by atoms with Crippen LogP contribution in [0.15, 0.2) is 54.6 Å². The number of aliphatic hydroxyl groups excluding tert-OH is 1. The van der Waals surface area contributed by atoms with E-state index in [-0.39, 0.29) is 5.75 Å². The van der Waals surface area contributed by atoms with Crippen molar-refractivity contribution >= 4 is 0 Å². The number of phenolic OH excluding ortho intramolecular Hbond substituents is 1. The van der Waals surface area contributed by atoms with Crippen molar-refractivity contribution < 1.29 is 10.2 Å². The number of fused-ring (bicyclic) bond motifs is 1. The number of aromatic hydroxyl groups is 1. The van der Waals surface area contributed by atoms with Gasteiger partial charge in [-0.15, -0.1) is 0 Å². The van der Waals surface area contributed by atoms with Crippen LogP contribution in [-0.2, 0) is 0 Å². The molecular formula is C21H25NO2. The highest BCUT2D eigenvalue weighted by molar-refractivity contribution is 5.27. The van der Waals surface area contributed by atoms with E-state index in [2.05, 4.69) is 35.2 Å². The molecule has 3 heteroatoms. The maximum atomic E-state index is 10.4. The molecule has 4 rings (SSSR count). The SMILES string of the molecule is Oc1ccc(C(O)CN2C[C@H]3CC(c4ccccc4)C[C@H]3C2)cc1. The van der Waals surface area contributed by atoms with E-state index >= 15 is 0 Å². The molecule has 1 heterocycles. The summed E-state index contributed by atoms with van der Waals surface area (Å²) in [6, 6.07) is 17.8. The fourth-order valence-electron chi connectivity index (χ4n) is 4.59. The van der Waals surface area contributed by atoms with E-state index in [9.17, 15) is 10.2 Å². The maximum Gasteiger partial charge on any atom is 0.115 e. The van der Waals surface area contributed by atoms with Crippen LogP contribution in [0.2, 0.25) is 0 Å². The van der Waals surface area contributed by atoms with E-state index in [0.29, 0.717) is 12.5 Å². The number of nitrogens with zero attached hydrogens (tertiary/aromatic N) is 1. The topological polar surface area (TPSA) is 43.7 Å². The Bertz CT molecular complexity index is 656. The summed E-state index contributed by atoms with van der Waals surface area (Å²) in [4.78, 5) is 2.41. The summed E-state index contributed by atoms with van der Waals surface area (Å²) in [5, 5.41) is 19.8. The first-order chi connectivity index (χ1) is 11.7. The van der Waals surface area contributed by atoms with Gasteiger partial charge in [0.05, 0.1) is 6.10 Å². The predicted octanol–water partition coefficient (Wildman–Crippen LogP) is 3.55. The Morgan fingerprint density at radius 3 is 2.17 bits per heavy atom. The molecule has 3 nitrogen and oxygen atoms in total. The highest BCUT2D eigenvalue weighted by Crippen LogP contribution is 2.46. The van der Waals surface area contributed by atoms with Crippen LogP contribution in [0, 0.1) is 11.8 Å². The molecule has 4 atom stereocenters. The third-order valence-corrected chi connectivity index (χ3v) is 5.81. The second kappa shape index (κ2) is 6.58. The Hall–Kier alpha value is -1.84. The van der Waals surface area contributed by atoms with Crippen LogP contribution in [0.1, 0.15) is 36.0 Å². The summed E-state index contributed by atoms with van der Waals surface area (Å²) in [6.07, 6.45) is 2.08. The minimum atomic E-state index is -0.477. The molecule has 2 aromatic rings. The molecule has 24 heavy (non-hydrogen) atoms. The quantitative estimate of drug-likeness (QED) is 0.904. The molecule has 2 aliphatic rings. The average Bonchev–Trinajstić information content (AvgIpc) is 3.14. The van der Waals surface area contributed by atoms with Gasteiger partial charge in [0.1, 0.15) is 5.75 Å². The normalized spacial score (nSPS) is 28.0. The molecule has 2 fully saturated rings. The van der Waals surface area contributed by atoms with Crippen LogP contribution in [0.5, 0.6) is 5.75 Å². The first-order valence-electron chi connectivity index (χ1n) is 8.93. The first kappa shape index (κ1) is 15.7. The molecule has 126 valence electrons. The van der Waals surface area contributed by atoms with Crippen LogP contribution in [-0.4, -0.2) is 34.7 Å². The van der Waals surface area contributed by atoms with Gasteiger partial charge >= 0.3 is 0 Å². The van der Waals surface area contributed by atoms with Gasteiger partial charge < -0.3 is 10.2 Å². The Kier molecular flexibility index (Phi) is 4.30. The van der Waals surface area contributed by atoms with Crippen LogP contribution in [0.4, 0.5) is 0 Å². The zero-order chi connectivity index (χ0) is 16.5. The number of likely N-dealkylation sites (tertiary alicyclic amines) is 1. The minimum Gasteiger partial charge on any atom is -0.508 e. The summed E-state index contributed by atoms with van der Waals surface area (Å²) >= 11 is 0. The lowest BCUT2D eigenvalue weighted by atomic mass is 9.96. The summed E-state index contributed by atoms with van der Waals surface area (Å²) in [7, 11) is 0. The third kappa shape index (κ3) is 3.19. The van der Waals surface area contributed by atoms with E-state index in [0.717, 1.165) is 30.5 Å². The van der Waals surface area contributed by atoms with Crippen molar-refractivity contribution in [3.63, 3.8) is 0 Å². The van der Waals surface area contributed by atoms with Gasteiger partial charge in [-0.05, 0) is 53.9 Å². The zero-order valence-electron chi connectivity index (χ0n) is 13.9. The first-order valence-corrected chi connectivity index (χ1v) is 8.93. The second-order valence-electron chi connectivity index (χ2n) is 7.43. The van der Waals surface area contributed by atoms with Crippen molar-refractivity contribution in [3.05, 3.63) is 65.7 Å². The predicted molar refractivity (Wildman–Crippen MR) is 94.9 cm³/mol. The van der Waals surface area contributed by atoms with Gasteiger partial charge in [0, 0.05) is 19.6 Å². The van der Waals surface area contributed by atoms with Gasteiger partial charge in [-0.2, -0.15) is 0 Å². The van der Waals surface area contributed by atoms with Gasteiger partial charge in [0.15, 0.2) is 0 Å². The van der Waals surface area contributed by atoms with E-state index in [1.165, 1.54) is 18.4 Å². The summed E-state index contributed by atoms with van der Waals surface area (Å²) in [6.45, 7) is 2.89. The lowest BCUT2D eigenvalue weighted by Crippen LogP contribution is -2.27. The van der Waals surface area contributed by atoms with Crippen molar-refractivity contribution in [1.29, 1.82) is 0 Å². The Labute approximate surface area is 143 Å². The fraction of sp³-hybridized carbons (Fsp3) is 0.429. The van der Waals surface area contributed by atoms with Crippen molar-refractivity contribution in [1.82, 2.24) is 4.90 Å². The van der Waals surface area contributed by atoms with Gasteiger partial charge in [-0.1, -0.05) is 42.5 Å². The van der Waals surface area contributed by atoms with E-state index in [1.54, 1.807) is 12.1 Å². The zero-order valence-corrected chi connectivity index (χ0v) is 13.9. The third-order valence-electron chi connectivity index (χ3n) is 5.81. The Morgan fingerprint density at radius 2 is 1.54 bits per heavy atom. The molecule has 0 spiro atoms. The Balaban J connectivity index is 1.33. The van der Waals surface area contributed by atoms with Crippen molar-refractivity contribution in [2.45, 2.75) is 24.9 Å². The van der Waals surface area contributed by atoms with Crippen LogP contribution >= 0.6 is 0 Å². The number of aliphatic hydroxyl groups is 1. The fourth-order valence-corrected chi connectivity index (χ4v) is 4.59. The number of phenols is 1. The molecule has 0 aromatic heterocycles. The molecule has 0 amide bonds. The second-order valence-corrected chi connectivity index (χ2v) is 7.43. The molecule has 0 radical (unpaired) electrons. The van der Waals surface area contributed by atoms with Crippen molar-refractivity contribution in [3.8, 4) is 5.75 Å². The molecule has 1 aliphatic heterocycles. The highest BCUT2D eigenvalue weighted by atomic mass is 16.3. The van der Waals surface area contributed by atoms with Gasteiger partial charge in [0.2, 0.25) is 0 Å². The minimum absolute atomic E-state index is 0.244. The lowest BCUT2D eigenvalue weighted by molar-refractivity contribution is 0.121. The number of rotatable bonds is 4. The highest BCUT2D eigenvalue weighted by Gasteiger charge is 2.41. The van der Waals surface area contributed by atoms with Gasteiger partial charge in [-0.3, -0.25) is 4.90 Å². The summed E-state index contributed by atoms with van der Waals surface area (Å²) in [5.74, 6) is 2.49. The van der Waals surface area contributed by atoms with Crippen molar-refractivity contribution in [2.24, 2.45) is 11.8 Å². The van der Waals surface area contributed by atoms with Crippen LogP contribution in [0.25, 0.3) is 0 Å². The smallest absolute Gasteiger partial charge is 0.115 e. The molecule has 2 unspecified atom stereocenters. The van der Waals surface area contributed by atoms with Gasteiger partial charge in [-0.25, -0.2) is 0 Å². The van der Waals surface area contributed by atoms with Crippen LogP contribution in [0.3, 0.4) is 0 Å². The van der Waals surface area contributed by atoms with Gasteiger partial charge in [0.25, 0.3) is 0 Å². The summed E-state index contributed by atoms with van der Waals surface area (Å²) < 4.78 is 0. The molecular weight excluding hydrogens is 298 g/mol. The van der Waals surface area contributed by atoms with Crippen LogP contribution < -0.4 is 0 Å². The molecule has 2 N–H and O–H groups in total. The van der Waals surface area contributed by atoms with E-state index < -0.39 is 6.10 Å². The number of β-amino-alcohol motifs (C(OH)–C–C–N with tert-alkyl or cyclic N) is 1. The molecule has 1 saturated carbocycles. The standard InChI is InChI=1S/C21H25NO2/c23-20-8-6-16(7-9-20)21(24)14-22-12-18-10-17(11-19(18)13-22)15-4-2-1-3-5-15/h1-9,17-19,21,23-24H,10-14H2/t17?,18-,19+,21?. The van der Waals surface area contributed by atoms with Crippen molar-refractivity contribution in [2.75, 3.05) is 19.6 Å². The number of hydrogen-bond acceptors (Lipinski definition) is 3. The van der Waals surface area contributed by atoms with E-state index in [4.69, 9.17) is 0 Å².